The van der Waals surface area contributed by atoms with Crippen molar-refractivity contribution in [1.82, 2.24) is 0 Å². The van der Waals surface area contributed by atoms with Gasteiger partial charge in [-0.05, 0) is 31.9 Å². The van der Waals surface area contributed by atoms with Gasteiger partial charge in [0.2, 0.25) is 0 Å². The van der Waals surface area contributed by atoms with Gasteiger partial charge >= 0.3 is 5.97 Å². The number of carbonyl (C=O) groups excluding carboxylic acids is 1. The first-order valence-electron chi connectivity index (χ1n) is 5.31. The number of rotatable bonds is 3. The van der Waals surface area contributed by atoms with Crippen molar-refractivity contribution in [3.05, 3.63) is 23.8 Å². The van der Waals surface area contributed by atoms with Crippen molar-refractivity contribution in [3.8, 4) is 0 Å². The maximum atomic E-state index is 11.6. The van der Waals surface area contributed by atoms with Gasteiger partial charge in [0.25, 0.3) is 0 Å². The number of methoxy groups -OCH3 is 1. The fraction of sp³-hybridized carbons (Fsp3) is 0.417. The third-order valence-electron chi connectivity index (χ3n) is 2.93. The Morgan fingerprint density at radius 2 is 2.19 bits per heavy atom. The van der Waals surface area contributed by atoms with Crippen molar-refractivity contribution >= 4 is 17.3 Å². The van der Waals surface area contributed by atoms with Crippen LogP contribution in [0, 0.1) is 0 Å². The number of nitrogen functional groups attached to an aromatic ring is 1. The Morgan fingerprint density at radius 3 is 2.75 bits per heavy atom. The number of hydrogen-bond acceptors (Lipinski definition) is 4. The summed E-state index contributed by atoms with van der Waals surface area (Å²) in [6.45, 7) is 2.11. The lowest BCUT2D eigenvalue weighted by Crippen LogP contribution is -2.20. The van der Waals surface area contributed by atoms with E-state index in [1.165, 1.54) is 7.11 Å². The third kappa shape index (κ3) is 1.96. The van der Waals surface area contributed by atoms with E-state index in [0.717, 1.165) is 12.8 Å². The van der Waals surface area contributed by atoms with Crippen molar-refractivity contribution in [2.75, 3.05) is 18.2 Å². The zero-order valence-electron chi connectivity index (χ0n) is 9.54. The summed E-state index contributed by atoms with van der Waals surface area (Å²) < 4.78 is 4.73. The number of nitrogens with one attached hydrogen (secondary N) is 1. The molecule has 1 saturated carbocycles. The summed E-state index contributed by atoms with van der Waals surface area (Å²) in [7, 11) is 1.37. The Bertz CT molecular complexity index is 425. The molecule has 0 saturated heterocycles. The van der Waals surface area contributed by atoms with Gasteiger partial charge in [-0.2, -0.15) is 0 Å². The number of benzene rings is 1. The lowest BCUT2D eigenvalue weighted by Gasteiger charge is -2.17. The quantitative estimate of drug-likeness (QED) is 0.604. The van der Waals surface area contributed by atoms with E-state index in [4.69, 9.17) is 10.5 Å². The van der Waals surface area contributed by atoms with Crippen LogP contribution in [-0.2, 0) is 4.74 Å². The SMILES string of the molecule is COC(=O)c1cccc(N)c1NC1(C)CC1. The van der Waals surface area contributed by atoms with Gasteiger partial charge in [-0.1, -0.05) is 6.07 Å². The molecule has 0 bridgehead atoms. The summed E-state index contributed by atoms with van der Waals surface area (Å²) in [5, 5.41) is 3.32. The third-order valence-corrected chi connectivity index (χ3v) is 2.93. The molecule has 1 fully saturated rings. The molecule has 0 aliphatic heterocycles. The minimum Gasteiger partial charge on any atom is -0.465 e. The van der Waals surface area contributed by atoms with E-state index in [1.807, 2.05) is 0 Å². The van der Waals surface area contributed by atoms with Crippen LogP contribution in [0.25, 0.3) is 0 Å². The summed E-state index contributed by atoms with van der Waals surface area (Å²) in [4.78, 5) is 11.6. The highest BCUT2D eigenvalue weighted by atomic mass is 16.5. The minimum absolute atomic E-state index is 0.0816. The highest BCUT2D eigenvalue weighted by molar-refractivity contribution is 5.99. The van der Waals surface area contributed by atoms with Crippen LogP contribution >= 0.6 is 0 Å². The van der Waals surface area contributed by atoms with Gasteiger partial charge < -0.3 is 15.8 Å². The Morgan fingerprint density at radius 1 is 1.50 bits per heavy atom. The van der Waals surface area contributed by atoms with Crippen LogP contribution in [-0.4, -0.2) is 18.6 Å². The van der Waals surface area contributed by atoms with Crippen LogP contribution in [0.4, 0.5) is 11.4 Å². The Kier molecular flexibility index (Phi) is 2.50. The Balaban J connectivity index is 2.36. The molecule has 0 atom stereocenters. The standard InChI is InChI=1S/C12H16N2O2/c1-12(6-7-12)14-10-8(11(15)16-2)4-3-5-9(10)13/h3-5,14H,6-7,13H2,1-2H3. The molecule has 1 aliphatic carbocycles. The minimum atomic E-state index is -0.362. The van der Waals surface area contributed by atoms with Crippen molar-refractivity contribution < 1.29 is 9.53 Å². The van der Waals surface area contributed by atoms with Gasteiger partial charge in [0.1, 0.15) is 0 Å². The van der Waals surface area contributed by atoms with Crippen molar-refractivity contribution in [2.45, 2.75) is 25.3 Å². The predicted octanol–water partition coefficient (Wildman–Crippen LogP) is 2.02. The number of carbonyl (C=O) groups is 1. The van der Waals surface area contributed by atoms with E-state index in [2.05, 4.69) is 12.2 Å². The zero-order valence-corrected chi connectivity index (χ0v) is 9.54. The molecule has 3 N–H and O–H groups in total. The average Bonchev–Trinajstić information content (AvgIpc) is 2.98. The molecule has 1 aromatic rings. The first-order chi connectivity index (χ1) is 7.56. The smallest absolute Gasteiger partial charge is 0.340 e. The van der Waals surface area contributed by atoms with Crippen LogP contribution in [0.1, 0.15) is 30.1 Å². The largest absolute Gasteiger partial charge is 0.465 e. The molecule has 0 spiro atoms. The molecular formula is C12H16N2O2. The van der Waals surface area contributed by atoms with Gasteiger partial charge in [0.15, 0.2) is 0 Å². The highest BCUT2D eigenvalue weighted by Crippen LogP contribution is 2.40. The van der Waals surface area contributed by atoms with E-state index < -0.39 is 0 Å². The van der Waals surface area contributed by atoms with Crippen molar-refractivity contribution in [1.29, 1.82) is 0 Å². The second kappa shape index (κ2) is 3.70. The second-order valence-electron chi connectivity index (χ2n) is 4.45. The maximum Gasteiger partial charge on any atom is 0.340 e. The van der Waals surface area contributed by atoms with Gasteiger partial charge in [-0.3, -0.25) is 0 Å². The number of ether oxygens (including phenoxy) is 1. The summed E-state index contributed by atoms with van der Waals surface area (Å²) in [6, 6.07) is 5.25. The topological polar surface area (TPSA) is 64.3 Å². The first kappa shape index (κ1) is 10.8. The zero-order chi connectivity index (χ0) is 11.8. The fourth-order valence-corrected chi connectivity index (χ4v) is 1.60. The summed E-state index contributed by atoms with van der Waals surface area (Å²) in [6.07, 6.45) is 2.20. The molecule has 0 radical (unpaired) electrons. The van der Waals surface area contributed by atoms with Gasteiger partial charge in [-0.25, -0.2) is 4.79 Å². The molecule has 1 aliphatic rings. The number of anilines is 2. The van der Waals surface area contributed by atoms with Crippen molar-refractivity contribution in [2.24, 2.45) is 0 Å². The molecule has 4 heteroatoms. The number of para-hydroxylation sites is 1. The molecule has 0 unspecified atom stereocenters. The van der Waals surface area contributed by atoms with E-state index >= 15 is 0 Å². The second-order valence-corrected chi connectivity index (χ2v) is 4.45. The van der Waals surface area contributed by atoms with E-state index in [9.17, 15) is 4.79 Å². The van der Waals surface area contributed by atoms with Crippen molar-refractivity contribution in [3.63, 3.8) is 0 Å². The van der Waals surface area contributed by atoms with Crippen LogP contribution in [0.3, 0.4) is 0 Å². The number of esters is 1. The van der Waals surface area contributed by atoms with Crippen LogP contribution in [0.2, 0.25) is 0 Å². The molecule has 1 aromatic carbocycles. The Hall–Kier alpha value is -1.71. The van der Waals surface area contributed by atoms with Gasteiger partial charge in [-0.15, -0.1) is 0 Å². The molecule has 86 valence electrons. The first-order valence-corrected chi connectivity index (χ1v) is 5.31. The summed E-state index contributed by atoms with van der Waals surface area (Å²) in [5.74, 6) is -0.362. The summed E-state index contributed by atoms with van der Waals surface area (Å²) in [5.41, 5.74) is 7.72. The molecule has 0 aromatic heterocycles. The average molecular weight is 220 g/mol. The fourth-order valence-electron chi connectivity index (χ4n) is 1.60. The van der Waals surface area contributed by atoms with Gasteiger partial charge in [0.05, 0.1) is 24.0 Å². The highest BCUT2D eigenvalue weighted by Gasteiger charge is 2.38. The lowest BCUT2D eigenvalue weighted by atomic mass is 10.1. The molecular weight excluding hydrogens is 204 g/mol. The van der Waals surface area contributed by atoms with E-state index in [-0.39, 0.29) is 11.5 Å². The number of nitrogens with two attached hydrogens (primary N) is 1. The molecule has 0 amide bonds. The number of hydrogen-bond donors (Lipinski definition) is 2. The van der Waals surface area contributed by atoms with Gasteiger partial charge in [0, 0.05) is 5.54 Å². The van der Waals surface area contributed by atoms with Crippen LogP contribution < -0.4 is 11.1 Å². The molecule has 4 nitrogen and oxygen atoms in total. The summed E-state index contributed by atoms with van der Waals surface area (Å²) >= 11 is 0. The molecule has 16 heavy (non-hydrogen) atoms. The lowest BCUT2D eigenvalue weighted by molar-refractivity contribution is 0.0602. The van der Waals surface area contributed by atoms with E-state index in [0.29, 0.717) is 16.9 Å². The monoisotopic (exact) mass is 220 g/mol. The maximum absolute atomic E-state index is 11.6. The van der Waals surface area contributed by atoms with E-state index in [1.54, 1.807) is 18.2 Å². The normalized spacial score (nSPS) is 16.6. The van der Waals surface area contributed by atoms with Crippen LogP contribution in [0.15, 0.2) is 18.2 Å². The molecule has 2 rings (SSSR count). The predicted molar refractivity (Wildman–Crippen MR) is 63.5 cm³/mol. The van der Waals surface area contributed by atoms with Crippen LogP contribution in [0.5, 0.6) is 0 Å². The Labute approximate surface area is 94.8 Å². The molecule has 0 heterocycles.